The lowest BCUT2D eigenvalue weighted by atomic mass is 9.81. The van der Waals surface area contributed by atoms with Crippen LogP contribution in [0.3, 0.4) is 0 Å². The molecule has 6 heteroatoms. The summed E-state index contributed by atoms with van der Waals surface area (Å²) in [7, 11) is -1.45. The molecule has 60 valence electrons. The van der Waals surface area contributed by atoms with E-state index < -0.39 is 7.12 Å². The lowest BCUT2D eigenvalue weighted by Gasteiger charge is -1.97. The highest BCUT2D eigenvalue weighted by Gasteiger charge is 2.10. The molecule has 2 aromatic rings. The minimum atomic E-state index is -1.45. The summed E-state index contributed by atoms with van der Waals surface area (Å²) in [5, 5.41) is 25.0. The van der Waals surface area contributed by atoms with Gasteiger partial charge in [0, 0.05) is 6.20 Å². The van der Waals surface area contributed by atoms with Crippen LogP contribution in [-0.4, -0.2) is 31.8 Å². The van der Waals surface area contributed by atoms with Gasteiger partial charge in [-0.2, -0.15) is 0 Å². The lowest BCUT2D eigenvalue weighted by molar-refractivity contribution is 0.426. The third kappa shape index (κ3) is 1.07. The van der Waals surface area contributed by atoms with E-state index in [1.807, 2.05) is 0 Å². The Kier molecular flexibility index (Phi) is 1.56. The van der Waals surface area contributed by atoms with Crippen molar-refractivity contribution in [2.24, 2.45) is 0 Å². The van der Waals surface area contributed by atoms with Gasteiger partial charge in [-0.05, 0) is 17.6 Å². The van der Waals surface area contributed by atoms with Gasteiger partial charge < -0.3 is 10.0 Å². The average molecular weight is 163 g/mol. The van der Waals surface area contributed by atoms with Crippen molar-refractivity contribution in [2.75, 3.05) is 0 Å². The molecule has 0 radical (unpaired) electrons. The summed E-state index contributed by atoms with van der Waals surface area (Å²) in [4.78, 5) is 0. The minimum Gasteiger partial charge on any atom is -0.423 e. The fourth-order valence-electron chi connectivity index (χ4n) is 0.994. The molecular weight excluding hydrogens is 157 g/mol. The molecular formula is C6H6BN3O2. The summed E-state index contributed by atoms with van der Waals surface area (Å²) >= 11 is 0. The molecule has 0 unspecified atom stereocenters. The van der Waals surface area contributed by atoms with Crippen LogP contribution in [0.1, 0.15) is 0 Å². The van der Waals surface area contributed by atoms with Crippen LogP contribution in [0.5, 0.6) is 0 Å². The summed E-state index contributed by atoms with van der Waals surface area (Å²) < 4.78 is 1.69. The monoisotopic (exact) mass is 163 g/mol. The SMILES string of the molecule is OB(O)c1ccn2cnnc2c1. The summed E-state index contributed by atoms with van der Waals surface area (Å²) in [5.41, 5.74) is 1.01. The molecule has 0 bridgehead atoms. The summed E-state index contributed by atoms with van der Waals surface area (Å²) in [6.45, 7) is 0. The van der Waals surface area contributed by atoms with Gasteiger partial charge in [0.05, 0.1) is 0 Å². The van der Waals surface area contributed by atoms with Gasteiger partial charge in [0.1, 0.15) is 6.33 Å². The summed E-state index contributed by atoms with van der Waals surface area (Å²) in [5.74, 6) is 0. The number of nitrogens with zero attached hydrogens (tertiary/aromatic N) is 3. The molecule has 12 heavy (non-hydrogen) atoms. The van der Waals surface area contributed by atoms with Crippen molar-refractivity contribution in [2.45, 2.75) is 0 Å². The summed E-state index contributed by atoms with van der Waals surface area (Å²) in [6.07, 6.45) is 3.22. The van der Waals surface area contributed by atoms with E-state index in [1.54, 1.807) is 29.1 Å². The molecule has 2 heterocycles. The zero-order valence-electron chi connectivity index (χ0n) is 6.12. The quantitative estimate of drug-likeness (QED) is 0.497. The molecule has 0 aromatic carbocycles. The van der Waals surface area contributed by atoms with Crippen LogP contribution >= 0.6 is 0 Å². The van der Waals surface area contributed by atoms with Gasteiger partial charge in [-0.15, -0.1) is 10.2 Å². The van der Waals surface area contributed by atoms with Crippen molar-refractivity contribution in [1.82, 2.24) is 14.6 Å². The van der Waals surface area contributed by atoms with E-state index in [0.717, 1.165) is 0 Å². The molecule has 0 aliphatic heterocycles. The normalized spacial score (nSPS) is 10.5. The number of aromatic nitrogens is 3. The standard InChI is InChI=1S/C6H6BN3O2/c11-7(12)5-1-2-10-4-8-9-6(10)3-5/h1-4,11-12H. The molecule has 2 rings (SSSR count). The molecule has 0 spiro atoms. The largest absolute Gasteiger partial charge is 0.488 e. The molecule has 0 fully saturated rings. The van der Waals surface area contributed by atoms with E-state index in [1.165, 1.54) is 0 Å². The van der Waals surface area contributed by atoms with E-state index in [-0.39, 0.29) is 0 Å². The van der Waals surface area contributed by atoms with Gasteiger partial charge in [0.2, 0.25) is 0 Å². The van der Waals surface area contributed by atoms with Crippen LogP contribution in [0.15, 0.2) is 24.7 Å². The molecule has 0 aliphatic carbocycles. The molecule has 0 amide bonds. The van der Waals surface area contributed by atoms with Gasteiger partial charge in [-0.25, -0.2) is 0 Å². The molecule has 5 nitrogen and oxygen atoms in total. The van der Waals surface area contributed by atoms with Gasteiger partial charge in [-0.1, -0.05) is 0 Å². The Morgan fingerprint density at radius 3 is 3.00 bits per heavy atom. The smallest absolute Gasteiger partial charge is 0.423 e. The first-order valence-corrected chi connectivity index (χ1v) is 3.43. The van der Waals surface area contributed by atoms with E-state index in [9.17, 15) is 0 Å². The Morgan fingerprint density at radius 2 is 2.25 bits per heavy atom. The van der Waals surface area contributed by atoms with Crippen LogP contribution in [0.25, 0.3) is 5.65 Å². The Balaban J connectivity index is 2.60. The first-order valence-electron chi connectivity index (χ1n) is 3.43. The fraction of sp³-hybridized carbons (Fsp3) is 0. The molecule has 0 aliphatic rings. The second-order valence-electron chi connectivity index (χ2n) is 2.43. The van der Waals surface area contributed by atoms with Crippen molar-refractivity contribution < 1.29 is 10.0 Å². The summed E-state index contributed by atoms with van der Waals surface area (Å²) in [6, 6.07) is 3.17. The van der Waals surface area contributed by atoms with Crippen molar-refractivity contribution in [3.05, 3.63) is 24.7 Å². The third-order valence-electron chi connectivity index (χ3n) is 1.62. The predicted octanol–water partition coefficient (Wildman–Crippen LogP) is -1.59. The van der Waals surface area contributed by atoms with Crippen molar-refractivity contribution in [1.29, 1.82) is 0 Å². The van der Waals surface area contributed by atoms with Crippen LogP contribution in [0.4, 0.5) is 0 Å². The minimum absolute atomic E-state index is 0.413. The number of fused-ring (bicyclic) bond motifs is 1. The zero-order valence-corrected chi connectivity index (χ0v) is 6.12. The third-order valence-corrected chi connectivity index (χ3v) is 1.62. The average Bonchev–Trinajstić information content (AvgIpc) is 2.49. The molecule has 0 saturated carbocycles. The molecule has 2 aromatic heterocycles. The van der Waals surface area contributed by atoms with Gasteiger partial charge in [0.25, 0.3) is 0 Å². The Hall–Kier alpha value is -1.40. The Morgan fingerprint density at radius 1 is 1.42 bits per heavy atom. The second kappa shape index (κ2) is 2.58. The van der Waals surface area contributed by atoms with Crippen LogP contribution in [-0.2, 0) is 0 Å². The van der Waals surface area contributed by atoms with Crippen molar-refractivity contribution in [3.8, 4) is 0 Å². The topological polar surface area (TPSA) is 70.7 Å². The number of hydrogen-bond acceptors (Lipinski definition) is 4. The van der Waals surface area contributed by atoms with E-state index in [0.29, 0.717) is 11.1 Å². The highest BCUT2D eigenvalue weighted by atomic mass is 16.4. The van der Waals surface area contributed by atoms with E-state index in [2.05, 4.69) is 10.2 Å². The maximum Gasteiger partial charge on any atom is 0.488 e. The van der Waals surface area contributed by atoms with Gasteiger partial charge in [-0.3, -0.25) is 4.40 Å². The fourth-order valence-corrected chi connectivity index (χ4v) is 0.994. The zero-order chi connectivity index (χ0) is 8.55. The number of hydrogen-bond donors (Lipinski definition) is 2. The van der Waals surface area contributed by atoms with Crippen LogP contribution in [0, 0.1) is 0 Å². The molecule has 2 N–H and O–H groups in total. The number of rotatable bonds is 1. The first-order chi connectivity index (χ1) is 5.77. The van der Waals surface area contributed by atoms with Crippen molar-refractivity contribution >= 4 is 18.2 Å². The predicted molar refractivity (Wildman–Crippen MR) is 42.8 cm³/mol. The maximum absolute atomic E-state index is 8.82. The van der Waals surface area contributed by atoms with E-state index >= 15 is 0 Å². The highest BCUT2D eigenvalue weighted by Crippen LogP contribution is 1.94. The van der Waals surface area contributed by atoms with Gasteiger partial charge >= 0.3 is 7.12 Å². The Labute approximate surface area is 68.4 Å². The molecule has 0 atom stereocenters. The van der Waals surface area contributed by atoms with Crippen LogP contribution in [0.2, 0.25) is 0 Å². The highest BCUT2D eigenvalue weighted by molar-refractivity contribution is 6.58. The lowest BCUT2D eigenvalue weighted by Crippen LogP contribution is -2.29. The molecule has 0 saturated heterocycles. The van der Waals surface area contributed by atoms with Crippen molar-refractivity contribution in [3.63, 3.8) is 0 Å². The van der Waals surface area contributed by atoms with Gasteiger partial charge in [0.15, 0.2) is 5.65 Å². The first kappa shape index (κ1) is 7.26. The van der Waals surface area contributed by atoms with E-state index in [4.69, 9.17) is 10.0 Å². The number of pyridine rings is 1. The maximum atomic E-state index is 8.82. The van der Waals surface area contributed by atoms with Crippen LogP contribution < -0.4 is 5.46 Å². The Bertz CT molecular complexity index is 400. The second-order valence-corrected chi connectivity index (χ2v) is 2.43.